The van der Waals surface area contributed by atoms with E-state index in [0.29, 0.717) is 17.7 Å². The van der Waals surface area contributed by atoms with E-state index in [9.17, 15) is 19.5 Å². The summed E-state index contributed by atoms with van der Waals surface area (Å²) in [5.74, 6) is -1.38. The van der Waals surface area contributed by atoms with Gasteiger partial charge < -0.3 is 29.7 Å². The molecule has 9 heteroatoms. The number of esters is 1. The van der Waals surface area contributed by atoms with Crippen molar-refractivity contribution in [1.29, 1.82) is 0 Å². The minimum atomic E-state index is -1.18. The molecule has 3 unspecified atom stereocenters. The molecule has 0 aromatic heterocycles. The average molecular weight is 353 g/mol. The molecule has 0 spiro atoms. The minimum absolute atomic E-state index is 0.0179. The molecule has 9 nitrogen and oxygen atoms in total. The maximum absolute atomic E-state index is 11.0. The molecule has 1 aromatic rings. The Hall–Kier alpha value is -2.65. The summed E-state index contributed by atoms with van der Waals surface area (Å²) in [5, 5.41) is 21.3. The standard InChI is InChI=1S/C16H19NO8/c1-9(19)23-7-10-2-3-13(12(4-10)17-8-18)24-15-6-11(20)5-14(25-15)16(21)22/h2-4,8,11,14-15,20H,5-7H2,1H3,(H,17,18)(H,21,22). The van der Waals surface area contributed by atoms with Crippen LogP contribution in [0.1, 0.15) is 25.3 Å². The van der Waals surface area contributed by atoms with Crippen LogP contribution in [0.4, 0.5) is 5.69 Å². The van der Waals surface area contributed by atoms with Gasteiger partial charge in [-0.3, -0.25) is 9.59 Å². The van der Waals surface area contributed by atoms with Gasteiger partial charge in [-0.15, -0.1) is 0 Å². The summed E-state index contributed by atoms with van der Waals surface area (Å²) in [6.07, 6.45) is -2.48. The van der Waals surface area contributed by atoms with E-state index in [1.165, 1.54) is 13.0 Å². The summed E-state index contributed by atoms with van der Waals surface area (Å²) in [7, 11) is 0. The van der Waals surface area contributed by atoms with Gasteiger partial charge in [0.2, 0.25) is 12.7 Å². The lowest BCUT2D eigenvalue weighted by Crippen LogP contribution is -2.42. The average Bonchev–Trinajstić information content (AvgIpc) is 2.54. The van der Waals surface area contributed by atoms with E-state index in [1.807, 2.05) is 0 Å². The predicted molar refractivity (Wildman–Crippen MR) is 83.8 cm³/mol. The molecule has 1 aromatic carbocycles. The zero-order valence-electron chi connectivity index (χ0n) is 13.5. The Labute approximate surface area is 143 Å². The number of amides is 1. The number of carboxylic acids is 1. The number of nitrogens with one attached hydrogen (secondary N) is 1. The smallest absolute Gasteiger partial charge is 0.333 e. The third-order valence-corrected chi connectivity index (χ3v) is 3.50. The van der Waals surface area contributed by atoms with E-state index in [2.05, 4.69) is 5.32 Å². The highest BCUT2D eigenvalue weighted by Gasteiger charge is 2.34. The summed E-state index contributed by atoms with van der Waals surface area (Å²) >= 11 is 0. The zero-order valence-corrected chi connectivity index (χ0v) is 13.5. The molecule has 2 rings (SSSR count). The molecular formula is C16H19NO8. The van der Waals surface area contributed by atoms with Gasteiger partial charge in [0.05, 0.1) is 11.8 Å². The number of aliphatic hydroxyl groups is 1. The second-order valence-electron chi connectivity index (χ2n) is 5.51. The van der Waals surface area contributed by atoms with Crippen molar-refractivity contribution in [3.63, 3.8) is 0 Å². The van der Waals surface area contributed by atoms with Gasteiger partial charge in [0.25, 0.3) is 0 Å². The maximum Gasteiger partial charge on any atom is 0.333 e. The first-order chi connectivity index (χ1) is 11.9. The molecule has 136 valence electrons. The van der Waals surface area contributed by atoms with Crippen molar-refractivity contribution in [2.75, 3.05) is 5.32 Å². The third-order valence-electron chi connectivity index (χ3n) is 3.50. The molecule has 3 N–H and O–H groups in total. The van der Waals surface area contributed by atoms with Gasteiger partial charge in [-0.2, -0.15) is 0 Å². The van der Waals surface area contributed by atoms with Gasteiger partial charge in [-0.25, -0.2) is 4.79 Å². The Balaban J connectivity index is 2.12. The van der Waals surface area contributed by atoms with Crippen LogP contribution >= 0.6 is 0 Å². The Bertz CT molecular complexity index is 647. The molecule has 25 heavy (non-hydrogen) atoms. The number of carboxylic acid groups (broad SMARTS) is 1. The lowest BCUT2D eigenvalue weighted by Gasteiger charge is -2.31. The van der Waals surface area contributed by atoms with Gasteiger partial charge in [0.15, 0.2) is 6.10 Å². The first-order valence-electron chi connectivity index (χ1n) is 7.58. The van der Waals surface area contributed by atoms with Crippen molar-refractivity contribution in [1.82, 2.24) is 0 Å². The summed E-state index contributed by atoms with van der Waals surface area (Å²) in [6, 6.07) is 4.72. The van der Waals surface area contributed by atoms with Crippen LogP contribution in [0.3, 0.4) is 0 Å². The number of aliphatic carboxylic acids is 1. The molecule has 1 fully saturated rings. The fourth-order valence-corrected chi connectivity index (χ4v) is 2.37. The van der Waals surface area contributed by atoms with Crippen LogP contribution in [0.5, 0.6) is 5.75 Å². The molecule has 3 atom stereocenters. The predicted octanol–water partition coefficient (Wildman–Crippen LogP) is 0.647. The molecule has 0 aliphatic carbocycles. The number of carbonyl (C=O) groups is 3. The summed E-state index contributed by atoms with van der Waals surface area (Å²) < 4.78 is 15.8. The van der Waals surface area contributed by atoms with Crippen LogP contribution in [0.15, 0.2) is 18.2 Å². The quantitative estimate of drug-likeness (QED) is 0.481. The second-order valence-corrected chi connectivity index (χ2v) is 5.51. The molecule has 0 bridgehead atoms. The van der Waals surface area contributed by atoms with Crippen molar-refractivity contribution in [3.05, 3.63) is 23.8 Å². The largest absolute Gasteiger partial charge is 0.479 e. The summed E-state index contributed by atoms with van der Waals surface area (Å²) in [6.45, 7) is 1.32. The Morgan fingerprint density at radius 1 is 1.40 bits per heavy atom. The first kappa shape index (κ1) is 18.7. The van der Waals surface area contributed by atoms with Crippen LogP contribution in [0.2, 0.25) is 0 Å². The number of hydrogen-bond acceptors (Lipinski definition) is 7. The van der Waals surface area contributed by atoms with Gasteiger partial charge >= 0.3 is 11.9 Å². The number of benzene rings is 1. The summed E-state index contributed by atoms with van der Waals surface area (Å²) in [4.78, 5) is 32.7. The topological polar surface area (TPSA) is 131 Å². The Kier molecular flexibility index (Phi) is 6.31. The van der Waals surface area contributed by atoms with Gasteiger partial charge in [0.1, 0.15) is 12.4 Å². The van der Waals surface area contributed by atoms with Crippen LogP contribution in [-0.4, -0.2) is 47.1 Å². The van der Waals surface area contributed by atoms with Crippen molar-refractivity contribution in [2.45, 2.75) is 44.9 Å². The normalized spacial score (nSPS) is 22.7. The lowest BCUT2D eigenvalue weighted by molar-refractivity contribution is -0.195. The molecule has 1 heterocycles. The van der Waals surface area contributed by atoms with Gasteiger partial charge in [-0.05, 0) is 17.7 Å². The number of rotatable bonds is 7. The Morgan fingerprint density at radius 2 is 2.16 bits per heavy atom. The lowest BCUT2D eigenvalue weighted by atomic mass is 10.1. The third kappa shape index (κ3) is 5.44. The number of anilines is 1. The second kappa shape index (κ2) is 8.45. The van der Waals surface area contributed by atoms with Crippen molar-refractivity contribution in [3.8, 4) is 5.75 Å². The van der Waals surface area contributed by atoms with E-state index in [0.717, 1.165) is 0 Å². The van der Waals surface area contributed by atoms with Gasteiger partial charge in [-0.1, -0.05) is 6.07 Å². The molecule has 0 saturated carbocycles. The van der Waals surface area contributed by atoms with Crippen molar-refractivity contribution < 1.29 is 38.8 Å². The number of carbonyl (C=O) groups excluding carboxylic acids is 2. The molecule has 0 radical (unpaired) electrons. The minimum Gasteiger partial charge on any atom is -0.479 e. The SMILES string of the molecule is CC(=O)OCc1ccc(OC2CC(O)CC(C(=O)O)O2)c(NC=O)c1. The number of hydrogen-bond donors (Lipinski definition) is 3. The van der Waals surface area contributed by atoms with E-state index in [4.69, 9.17) is 19.3 Å². The first-order valence-corrected chi connectivity index (χ1v) is 7.58. The van der Waals surface area contributed by atoms with Crippen LogP contribution in [-0.2, 0) is 30.5 Å². The van der Waals surface area contributed by atoms with Crippen molar-refractivity contribution in [2.24, 2.45) is 0 Å². The number of ether oxygens (including phenoxy) is 3. The van der Waals surface area contributed by atoms with E-state index in [1.54, 1.807) is 12.1 Å². The maximum atomic E-state index is 11.0. The van der Waals surface area contributed by atoms with Crippen LogP contribution in [0.25, 0.3) is 0 Å². The molecule has 1 saturated heterocycles. The molecule has 1 aliphatic heterocycles. The Morgan fingerprint density at radius 3 is 2.80 bits per heavy atom. The molecular weight excluding hydrogens is 334 g/mol. The highest BCUT2D eigenvalue weighted by atomic mass is 16.7. The number of aliphatic hydroxyl groups excluding tert-OH is 1. The van der Waals surface area contributed by atoms with E-state index in [-0.39, 0.29) is 25.2 Å². The molecule has 1 aliphatic rings. The van der Waals surface area contributed by atoms with Crippen molar-refractivity contribution >= 4 is 24.0 Å². The van der Waals surface area contributed by atoms with Crippen LogP contribution < -0.4 is 10.1 Å². The highest BCUT2D eigenvalue weighted by molar-refractivity contribution is 5.76. The zero-order chi connectivity index (χ0) is 18.4. The fraction of sp³-hybridized carbons (Fsp3) is 0.438. The van der Waals surface area contributed by atoms with Crippen LogP contribution in [0, 0.1) is 0 Å². The van der Waals surface area contributed by atoms with E-state index < -0.39 is 30.4 Å². The van der Waals surface area contributed by atoms with Gasteiger partial charge in [0, 0.05) is 19.8 Å². The van der Waals surface area contributed by atoms with E-state index >= 15 is 0 Å². The monoisotopic (exact) mass is 353 g/mol. The molecule has 1 amide bonds. The fourth-order valence-electron chi connectivity index (χ4n) is 2.37. The highest BCUT2D eigenvalue weighted by Crippen LogP contribution is 2.30. The summed E-state index contributed by atoms with van der Waals surface area (Å²) in [5.41, 5.74) is 0.926.